The number of nitrogens with one attached hydrogen (secondary N) is 2. The van der Waals surface area contributed by atoms with E-state index >= 15 is 0 Å². The minimum Gasteiger partial charge on any atom is -0.497 e. The third-order valence-corrected chi connectivity index (χ3v) is 4.10. The molecule has 0 spiro atoms. The summed E-state index contributed by atoms with van der Waals surface area (Å²) in [6, 6.07) is 4.76. The molecule has 3 heterocycles. The number of methoxy groups -OCH3 is 1. The molecule has 9 nitrogen and oxygen atoms in total. The van der Waals surface area contributed by atoms with E-state index in [0.29, 0.717) is 30.4 Å². The summed E-state index contributed by atoms with van der Waals surface area (Å²) in [5.74, 6) is 1.02. The number of piperidine rings is 1. The van der Waals surface area contributed by atoms with E-state index in [4.69, 9.17) is 10.5 Å². The zero-order valence-electron chi connectivity index (χ0n) is 13.9. The molecule has 2 aromatic rings. The first-order chi connectivity index (χ1) is 12.0. The van der Waals surface area contributed by atoms with E-state index in [1.807, 2.05) is 4.90 Å². The van der Waals surface area contributed by atoms with Crippen LogP contribution in [0.4, 0.5) is 11.8 Å². The van der Waals surface area contributed by atoms with Crippen LogP contribution in [0.5, 0.6) is 5.75 Å². The number of aromatic nitrogens is 3. The molecule has 25 heavy (non-hydrogen) atoms. The lowest BCUT2D eigenvalue weighted by atomic mass is 10.0. The number of carbonyl (C=O) groups is 1. The second kappa shape index (κ2) is 7.20. The largest absolute Gasteiger partial charge is 0.497 e. The number of nitrogens with zero attached hydrogens (tertiary/aromatic N) is 3. The highest BCUT2D eigenvalue weighted by Gasteiger charge is 2.23. The van der Waals surface area contributed by atoms with Crippen LogP contribution in [0.15, 0.2) is 29.2 Å². The fourth-order valence-corrected chi connectivity index (χ4v) is 2.80. The van der Waals surface area contributed by atoms with Gasteiger partial charge in [0.1, 0.15) is 17.3 Å². The molecule has 0 aliphatic carbocycles. The number of amides is 1. The van der Waals surface area contributed by atoms with Gasteiger partial charge in [0.2, 0.25) is 5.95 Å². The molecular formula is C16H20N6O3. The molecule has 0 bridgehead atoms. The van der Waals surface area contributed by atoms with Crippen LogP contribution in [-0.2, 0) is 0 Å². The molecule has 1 amide bonds. The maximum absolute atomic E-state index is 12.3. The minimum absolute atomic E-state index is 0.0381. The lowest BCUT2D eigenvalue weighted by Gasteiger charge is -2.33. The number of H-pyrrole nitrogens is 1. The molecule has 3 rings (SSSR count). The van der Waals surface area contributed by atoms with Crippen molar-refractivity contribution in [1.29, 1.82) is 0 Å². The van der Waals surface area contributed by atoms with Gasteiger partial charge < -0.3 is 20.7 Å². The highest BCUT2D eigenvalue weighted by atomic mass is 16.5. The van der Waals surface area contributed by atoms with E-state index in [9.17, 15) is 9.59 Å². The van der Waals surface area contributed by atoms with Gasteiger partial charge in [0, 0.05) is 37.5 Å². The first-order valence-electron chi connectivity index (χ1n) is 7.98. The summed E-state index contributed by atoms with van der Waals surface area (Å²) < 4.78 is 5.11. The normalized spacial score (nSPS) is 15.0. The van der Waals surface area contributed by atoms with Gasteiger partial charge in [-0.2, -0.15) is 4.98 Å². The Morgan fingerprint density at radius 1 is 1.40 bits per heavy atom. The van der Waals surface area contributed by atoms with Gasteiger partial charge in [-0.15, -0.1) is 0 Å². The molecule has 1 saturated heterocycles. The minimum atomic E-state index is -0.276. The van der Waals surface area contributed by atoms with E-state index in [0.717, 1.165) is 12.8 Å². The van der Waals surface area contributed by atoms with Crippen molar-refractivity contribution in [1.82, 2.24) is 20.3 Å². The molecule has 0 atom stereocenters. The van der Waals surface area contributed by atoms with Crippen LogP contribution in [0.3, 0.4) is 0 Å². The van der Waals surface area contributed by atoms with Crippen LogP contribution < -0.4 is 26.2 Å². The molecule has 0 unspecified atom stereocenters. The number of pyridine rings is 1. The van der Waals surface area contributed by atoms with Crippen LogP contribution in [0.25, 0.3) is 0 Å². The van der Waals surface area contributed by atoms with E-state index in [2.05, 4.69) is 20.3 Å². The van der Waals surface area contributed by atoms with Gasteiger partial charge in [0.15, 0.2) is 0 Å². The van der Waals surface area contributed by atoms with Gasteiger partial charge in [-0.3, -0.25) is 19.6 Å². The maximum Gasteiger partial charge on any atom is 0.270 e. The van der Waals surface area contributed by atoms with Crippen molar-refractivity contribution in [3.63, 3.8) is 0 Å². The molecule has 0 radical (unpaired) electrons. The highest BCUT2D eigenvalue weighted by molar-refractivity contribution is 5.92. The monoisotopic (exact) mass is 344 g/mol. The van der Waals surface area contributed by atoms with Gasteiger partial charge in [-0.05, 0) is 18.9 Å². The van der Waals surface area contributed by atoms with Crippen molar-refractivity contribution >= 4 is 17.7 Å². The predicted molar refractivity (Wildman–Crippen MR) is 92.8 cm³/mol. The number of nitrogen functional groups attached to an aromatic ring is 1. The van der Waals surface area contributed by atoms with Gasteiger partial charge in [0.25, 0.3) is 11.5 Å². The molecule has 4 N–H and O–H groups in total. The smallest absolute Gasteiger partial charge is 0.270 e. The second-order valence-electron chi connectivity index (χ2n) is 5.80. The van der Waals surface area contributed by atoms with Crippen molar-refractivity contribution in [2.75, 3.05) is 30.8 Å². The lowest BCUT2D eigenvalue weighted by Crippen LogP contribution is -2.45. The summed E-state index contributed by atoms with van der Waals surface area (Å²) in [4.78, 5) is 36.4. The van der Waals surface area contributed by atoms with Crippen molar-refractivity contribution in [2.24, 2.45) is 0 Å². The van der Waals surface area contributed by atoms with Gasteiger partial charge in [-0.1, -0.05) is 0 Å². The average molecular weight is 344 g/mol. The Hall–Kier alpha value is -3.10. The SMILES string of the molecule is COc1ccnc(C(=O)NC2CCN(c3cc(=O)[nH]c(N)n3)CC2)c1. The number of nitrogens with two attached hydrogens (primary N) is 1. The summed E-state index contributed by atoms with van der Waals surface area (Å²) >= 11 is 0. The Morgan fingerprint density at radius 3 is 2.84 bits per heavy atom. The Kier molecular flexibility index (Phi) is 4.82. The Bertz CT molecular complexity index is 814. The topological polar surface area (TPSA) is 126 Å². The van der Waals surface area contributed by atoms with E-state index in [1.165, 1.54) is 6.07 Å². The highest BCUT2D eigenvalue weighted by Crippen LogP contribution is 2.17. The van der Waals surface area contributed by atoms with E-state index < -0.39 is 0 Å². The van der Waals surface area contributed by atoms with Gasteiger partial charge >= 0.3 is 0 Å². The zero-order valence-corrected chi connectivity index (χ0v) is 13.9. The Labute approximate surface area is 144 Å². The van der Waals surface area contributed by atoms with Crippen LogP contribution >= 0.6 is 0 Å². The molecule has 132 valence electrons. The zero-order chi connectivity index (χ0) is 17.8. The second-order valence-corrected chi connectivity index (χ2v) is 5.80. The van der Waals surface area contributed by atoms with Crippen LogP contribution in [0, 0.1) is 0 Å². The summed E-state index contributed by atoms with van der Waals surface area (Å²) in [6.07, 6.45) is 3.02. The lowest BCUT2D eigenvalue weighted by molar-refractivity contribution is 0.0925. The quantitative estimate of drug-likeness (QED) is 0.721. The standard InChI is InChI=1S/C16H20N6O3/c1-25-11-2-5-18-12(8-11)15(24)19-10-3-6-22(7-4-10)13-9-14(23)21-16(17)20-13/h2,5,8-10H,3-4,6-7H2,1H3,(H,19,24)(H3,17,20,21,23). The fraction of sp³-hybridized carbons (Fsp3) is 0.375. The summed E-state index contributed by atoms with van der Waals surface area (Å²) in [5, 5.41) is 2.98. The number of rotatable bonds is 4. The Morgan fingerprint density at radius 2 is 2.16 bits per heavy atom. The first kappa shape index (κ1) is 16.7. The molecule has 9 heteroatoms. The number of anilines is 2. The summed E-state index contributed by atoms with van der Waals surface area (Å²) in [5.41, 5.74) is 5.63. The molecule has 1 aliphatic heterocycles. The van der Waals surface area contributed by atoms with Gasteiger partial charge in [-0.25, -0.2) is 0 Å². The third kappa shape index (κ3) is 4.06. The fourth-order valence-electron chi connectivity index (χ4n) is 2.80. The third-order valence-electron chi connectivity index (χ3n) is 4.10. The van der Waals surface area contributed by atoms with Crippen molar-refractivity contribution in [3.8, 4) is 5.75 Å². The number of ether oxygens (including phenoxy) is 1. The molecule has 1 fully saturated rings. The summed E-state index contributed by atoms with van der Waals surface area (Å²) in [7, 11) is 1.54. The molecule has 1 aliphatic rings. The molecule has 0 saturated carbocycles. The Balaban J connectivity index is 1.58. The summed E-state index contributed by atoms with van der Waals surface area (Å²) in [6.45, 7) is 1.35. The van der Waals surface area contributed by atoms with Gasteiger partial charge in [0.05, 0.1) is 7.11 Å². The number of carbonyl (C=O) groups excluding carboxylic acids is 1. The van der Waals surface area contributed by atoms with E-state index in [1.54, 1.807) is 25.4 Å². The number of aromatic amines is 1. The number of hydrogen-bond acceptors (Lipinski definition) is 7. The number of hydrogen-bond donors (Lipinski definition) is 3. The molecule has 0 aromatic carbocycles. The molecule has 2 aromatic heterocycles. The first-order valence-corrected chi connectivity index (χ1v) is 7.98. The van der Waals surface area contributed by atoms with E-state index in [-0.39, 0.29) is 23.5 Å². The van der Waals surface area contributed by atoms with Crippen LogP contribution in [0.1, 0.15) is 23.3 Å². The molecular weight excluding hydrogens is 324 g/mol. The van der Waals surface area contributed by atoms with Crippen LogP contribution in [0.2, 0.25) is 0 Å². The van der Waals surface area contributed by atoms with Crippen LogP contribution in [-0.4, -0.2) is 47.1 Å². The average Bonchev–Trinajstić information content (AvgIpc) is 2.61. The maximum atomic E-state index is 12.3. The van der Waals surface area contributed by atoms with Crippen molar-refractivity contribution < 1.29 is 9.53 Å². The van der Waals surface area contributed by atoms with Crippen molar-refractivity contribution in [2.45, 2.75) is 18.9 Å². The van der Waals surface area contributed by atoms with Crippen molar-refractivity contribution in [3.05, 3.63) is 40.4 Å². The predicted octanol–water partition coefficient (Wildman–Crippen LogP) is 0.155.